The predicted molar refractivity (Wildman–Crippen MR) is 63.8 cm³/mol. The Morgan fingerprint density at radius 2 is 2.00 bits per heavy atom. The summed E-state index contributed by atoms with van der Waals surface area (Å²) in [5, 5.41) is 28.9. The lowest BCUT2D eigenvalue weighted by molar-refractivity contribution is -0.0559. The molecule has 0 aromatic heterocycles. The molecule has 0 amide bonds. The van der Waals surface area contributed by atoms with Gasteiger partial charge in [0.2, 0.25) is 0 Å². The van der Waals surface area contributed by atoms with Crippen LogP contribution in [0.1, 0.15) is 41.3 Å². The zero-order valence-corrected chi connectivity index (χ0v) is 10.5. The number of rotatable bonds is 1. The highest BCUT2D eigenvalue weighted by Crippen LogP contribution is 2.45. The van der Waals surface area contributed by atoms with Crippen LogP contribution in [0.4, 0.5) is 0 Å². The lowest BCUT2D eigenvalue weighted by Gasteiger charge is -2.39. The maximum absolute atomic E-state index is 11.9. The number of ether oxygens (including phenoxy) is 1. The first-order valence-corrected chi connectivity index (χ1v) is 5.71. The zero-order valence-electron chi connectivity index (χ0n) is 10.5. The molecule has 0 unspecified atom stereocenters. The van der Waals surface area contributed by atoms with Gasteiger partial charge in [0.05, 0.1) is 6.61 Å². The number of fused-ring (bicyclic) bond motifs is 1. The molecule has 1 heterocycles. The number of aliphatic hydroxyl groups excluding tert-OH is 1. The fourth-order valence-corrected chi connectivity index (χ4v) is 2.35. The van der Waals surface area contributed by atoms with Crippen LogP contribution in [0.5, 0.6) is 11.5 Å². The number of carbonyl (C=O) groups is 1. The Morgan fingerprint density at radius 1 is 1.39 bits per heavy atom. The van der Waals surface area contributed by atoms with Crippen LogP contribution in [0.15, 0.2) is 6.07 Å². The summed E-state index contributed by atoms with van der Waals surface area (Å²) in [7, 11) is 0. The number of benzene rings is 1. The van der Waals surface area contributed by atoms with Gasteiger partial charge in [-0.2, -0.15) is 0 Å². The molecule has 0 spiro atoms. The molecule has 5 nitrogen and oxygen atoms in total. The lowest BCUT2D eigenvalue weighted by atomic mass is 9.78. The molecule has 1 aromatic carbocycles. The standard InChI is InChI=1S/C13H16O5/c1-6-8(15)4-9(16)11-10(6)7(2)13(3,5-14)18-12(11)17/h4,7,14-16H,5H2,1-3H3/t7-,13-/m1/s1. The van der Waals surface area contributed by atoms with Crippen molar-refractivity contribution < 1.29 is 24.9 Å². The van der Waals surface area contributed by atoms with E-state index in [1.807, 2.05) is 0 Å². The fraction of sp³-hybridized carbons (Fsp3) is 0.462. The van der Waals surface area contributed by atoms with Crippen molar-refractivity contribution in [2.75, 3.05) is 6.61 Å². The Kier molecular flexibility index (Phi) is 2.74. The van der Waals surface area contributed by atoms with Gasteiger partial charge in [-0.25, -0.2) is 4.79 Å². The molecule has 0 saturated carbocycles. The molecule has 98 valence electrons. The summed E-state index contributed by atoms with van der Waals surface area (Å²) in [5.74, 6) is -1.38. The summed E-state index contributed by atoms with van der Waals surface area (Å²) < 4.78 is 5.21. The first-order valence-electron chi connectivity index (χ1n) is 5.71. The van der Waals surface area contributed by atoms with E-state index < -0.39 is 11.6 Å². The van der Waals surface area contributed by atoms with E-state index in [0.29, 0.717) is 11.1 Å². The Morgan fingerprint density at radius 3 is 2.56 bits per heavy atom. The maximum Gasteiger partial charge on any atom is 0.342 e. The van der Waals surface area contributed by atoms with Gasteiger partial charge < -0.3 is 20.1 Å². The van der Waals surface area contributed by atoms with Gasteiger partial charge in [0, 0.05) is 12.0 Å². The fourth-order valence-electron chi connectivity index (χ4n) is 2.35. The Bertz CT molecular complexity index is 523. The van der Waals surface area contributed by atoms with Crippen molar-refractivity contribution in [2.45, 2.75) is 32.3 Å². The number of esters is 1. The zero-order chi connectivity index (χ0) is 13.7. The van der Waals surface area contributed by atoms with E-state index in [9.17, 15) is 20.1 Å². The Labute approximate surface area is 105 Å². The van der Waals surface area contributed by atoms with Gasteiger partial charge in [-0.1, -0.05) is 6.92 Å². The molecule has 1 aromatic rings. The van der Waals surface area contributed by atoms with Crippen molar-refractivity contribution in [2.24, 2.45) is 0 Å². The number of phenolic OH excluding ortho intramolecular Hbond substituents is 2. The van der Waals surface area contributed by atoms with Crippen LogP contribution in [0.3, 0.4) is 0 Å². The maximum atomic E-state index is 11.9. The highest BCUT2D eigenvalue weighted by atomic mass is 16.6. The molecule has 2 atom stereocenters. The normalized spacial score (nSPS) is 26.7. The number of aromatic hydroxyl groups is 2. The topological polar surface area (TPSA) is 87.0 Å². The van der Waals surface area contributed by atoms with E-state index in [1.54, 1.807) is 20.8 Å². The van der Waals surface area contributed by atoms with Gasteiger partial charge in [0.25, 0.3) is 0 Å². The summed E-state index contributed by atoms with van der Waals surface area (Å²) in [6, 6.07) is 1.13. The highest BCUT2D eigenvalue weighted by molar-refractivity contribution is 5.96. The van der Waals surface area contributed by atoms with Gasteiger partial charge in [0.15, 0.2) is 0 Å². The minimum absolute atomic E-state index is 0.0729. The van der Waals surface area contributed by atoms with Gasteiger partial charge in [-0.15, -0.1) is 0 Å². The Hall–Kier alpha value is -1.75. The van der Waals surface area contributed by atoms with E-state index in [2.05, 4.69) is 0 Å². The third kappa shape index (κ3) is 1.54. The van der Waals surface area contributed by atoms with Crippen LogP contribution in [-0.2, 0) is 4.74 Å². The lowest BCUT2D eigenvalue weighted by Crippen LogP contribution is -2.45. The number of carbonyl (C=O) groups excluding carboxylic acids is 1. The van der Waals surface area contributed by atoms with Crippen LogP contribution in [0, 0.1) is 6.92 Å². The average Bonchev–Trinajstić information content (AvgIpc) is 2.30. The molecule has 0 bridgehead atoms. The van der Waals surface area contributed by atoms with Crippen molar-refractivity contribution in [1.82, 2.24) is 0 Å². The van der Waals surface area contributed by atoms with Crippen LogP contribution < -0.4 is 0 Å². The van der Waals surface area contributed by atoms with Gasteiger partial charge in [-0.3, -0.25) is 0 Å². The number of cyclic esters (lactones) is 1. The van der Waals surface area contributed by atoms with Crippen LogP contribution in [0.2, 0.25) is 0 Å². The minimum Gasteiger partial charge on any atom is -0.508 e. The van der Waals surface area contributed by atoms with Crippen molar-refractivity contribution in [3.8, 4) is 11.5 Å². The van der Waals surface area contributed by atoms with E-state index in [4.69, 9.17) is 4.74 Å². The van der Waals surface area contributed by atoms with E-state index in [1.165, 1.54) is 0 Å². The number of hydrogen-bond donors (Lipinski definition) is 3. The average molecular weight is 252 g/mol. The number of phenols is 2. The van der Waals surface area contributed by atoms with Crippen molar-refractivity contribution >= 4 is 5.97 Å². The summed E-state index contributed by atoms with van der Waals surface area (Å²) >= 11 is 0. The first-order chi connectivity index (χ1) is 8.31. The highest BCUT2D eigenvalue weighted by Gasteiger charge is 2.44. The molecule has 18 heavy (non-hydrogen) atoms. The molecule has 0 fully saturated rings. The molecule has 0 saturated heterocycles. The SMILES string of the molecule is Cc1c(O)cc(O)c2c1[C@@H](C)[C@@](C)(CO)OC2=O. The Balaban J connectivity index is 2.75. The van der Waals surface area contributed by atoms with E-state index in [0.717, 1.165) is 6.07 Å². The summed E-state index contributed by atoms with van der Waals surface area (Å²) in [6.45, 7) is 4.75. The minimum atomic E-state index is -1.05. The van der Waals surface area contributed by atoms with Crippen molar-refractivity contribution in [3.63, 3.8) is 0 Å². The third-order valence-electron chi connectivity index (χ3n) is 3.78. The molecule has 2 rings (SSSR count). The second-order valence-corrected chi connectivity index (χ2v) is 4.91. The summed E-state index contributed by atoms with van der Waals surface area (Å²) in [5.41, 5.74) is 0.0744. The molecular weight excluding hydrogens is 236 g/mol. The van der Waals surface area contributed by atoms with Crippen LogP contribution in [0.25, 0.3) is 0 Å². The van der Waals surface area contributed by atoms with Gasteiger partial charge in [-0.05, 0) is 25.0 Å². The molecular formula is C13H16O5. The number of aliphatic hydroxyl groups is 1. The van der Waals surface area contributed by atoms with Gasteiger partial charge >= 0.3 is 5.97 Å². The van der Waals surface area contributed by atoms with Crippen LogP contribution in [-0.4, -0.2) is 33.5 Å². The van der Waals surface area contributed by atoms with Crippen molar-refractivity contribution in [3.05, 3.63) is 22.8 Å². The molecule has 1 aliphatic rings. The van der Waals surface area contributed by atoms with Crippen molar-refractivity contribution in [1.29, 1.82) is 0 Å². The van der Waals surface area contributed by atoms with E-state index in [-0.39, 0.29) is 29.6 Å². The first kappa shape index (κ1) is 12.7. The quantitative estimate of drug-likeness (QED) is 0.658. The van der Waals surface area contributed by atoms with E-state index >= 15 is 0 Å². The molecule has 3 N–H and O–H groups in total. The molecule has 0 aliphatic carbocycles. The second kappa shape index (κ2) is 3.88. The molecule has 5 heteroatoms. The molecule has 0 radical (unpaired) electrons. The monoisotopic (exact) mass is 252 g/mol. The number of hydrogen-bond acceptors (Lipinski definition) is 5. The van der Waals surface area contributed by atoms with Gasteiger partial charge in [0.1, 0.15) is 22.7 Å². The summed E-state index contributed by atoms with van der Waals surface area (Å²) in [4.78, 5) is 11.9. The predicted octanol–water partition coefficient (Wildman–Crippen LogP) is 1.43. The third-order valence-corrected chi connectivity index (χ3v) is 3.78. The largest absolute Gasteiger partial charge is 0.508 e. The van der Waals surface area contributed by atoms with Crippen LogP contribution >= 0.6 is 0 Å². The second-order valence-electron chi connectivity index (χ2n) is 4.91. The summed E-state index contributed by atoms with van der Waals surface area (Å²) in [6.07, 6.45) is 0. The molecule has 1 aliphatic heterocycles. The smallest absolute Gasteiger partial charge is 0.342 e.